The second-order valence-corrected chi connectivity index (χ2v) is 5.17. The lowest BCUT2D eigenvalue weighted by molar-refractivity contribution is -0.146. The Morgan fingerprint density at radius 2 is 1.88 bits per heavy atom. The smallest absolute Gasteiger partial charge is 0.322 e. The number of alkyl halides is 5. The fourth-order valence-corrected chi connectivity index (χ4v) is 2.26. The summed E-state index contributed by atoms with van der Waals surface area (Å²) in [5.41, 5.74) is -0.847. The van der Waals surface area contributed by atoms with Crippen LogP contribution in [-0.4, -0.2) is 21.9 Å². The minimum Gasteiger partial charge on any atom is -0.322 e. The minimum absolute atomic E-state index is 0.148. The number of nitrogens with zero attached hydrogens (tertiary/aromatic N) is 2. The van der Waals surface area contributed by atoms with Gasteiger partial charge in [0.15, 0.2) is 5.69 Å². The average molecular weight is 347 g/mol. The van der Waals surface area contributed by atoms with Crippen molar-refractivity contribution in [1.29, 1.82) is 0 Å². The molecule has 1 aromatic carbocycles. The molecule has 0 saturated heterocycles. The van der Waals surface area contributed by atoms with Gasteiger partial charge in [-0.2, -0.15) is 18.3 Å². The van der Waals surface area contributed by atoms with Crippen LogP contribution >= 0.6 is 0 Å². The van der Waals surface area contributed by atoms with Crippen molar-refractivity contribution in [1.82, 2.24) is 9.78 Å². The van der Waals surface area contributed by atoms with Crippen LogP contribution in [0.4, 0.5) is 27.6 Å². The number of aromatic nitrogens is 2. The van der Waals surface area contributed by atoms with Gasteiger partial charge >= 0.3 is 6.18 Å². The van der Waals surface area contributed by atoms with Crippen molar-refractivity contribution in [3.05, 3.63) is 47.8 Å². The summed E-state index contributed by atoms with van der Waals surface area (Å²) in [6, 6.07) is 7.36. The number of anilines is 1. The molecule has 24 heavy (non-hydrogen) atoms. The maximum Gasteiger partial charge on any atom is 0.390 e. The van der Waals surface area contributed by atoms with Gasteiger partial charge in [0.1, 0.15) is 0 Å². The normalized spacial score (nSPS) is 13.1. The molecule has 0 aliphatic heterocycles. The molecule has 1 amide bonds. The lowest BCUT2D eigenvalue weighted by Crippen LogP contribution is -2.26. The minimum atomic E-state index is -4.58. The molecule has 0 aliphatic rings. The van der Waals surface area contributed by atoms with Crippen LogP contribution < -0.4 is 5.32 Å². The molecule has 4 nitrogen and oxygen atoms in total. The third-order valence-corrected chi connectivity index (χ3v) is 3.28. The first-order valence-electron chi connectivity index (χ1n) is 6.91. The molecule has 1 N–H and O–H groups in total. The van der Waals surface area contributed by atoms with Gasteiger partial charge in [-0.1, -0.05) is 30.3 Å². The highest BCUT2D eigenvalue weighted by atomic mass is 19.4. The standard InChI is InChI=1S/C15H14F5N3O/c1-23-8-11(12(22-23)13(16)17)21-14(24)10(7-15(18,19)20)9-5-3-2-4-6-9/h2-6,8,10,13H,7H2,1H3,(H,21,24). The van der Waals surface area contributed by atoms with Gasteiger partial charge in [-0.25, -0.2) is 8.78 Å². The summed E-state index contributed by atoms with van der Waals surface area (Å²) in [6.07, 6.45) is -7.82. The molecule has 1 unspecified atom stereocenters. The van der Waals surface area contributed by atoms with Gasteiger partial charge in [-0.05, 0) is 5.56 Å². The van der Waals surface area contributed by atoms with Crippen molar-refractivity contribution in [3.63, 3.8) is 0 Å². The maximum atomic E-state index is 12.9. The summed E-state index contributed by atoms with van der Waals surface area (Å²) in [5.74, 6) is -2.56. The van der Waals surface area contributed by atoms with Crippen LogP contribution in [0, 0.1) is 0 Å². The van der Waals surface area contributed by atoms with E-state index >= 15 is 0 Å². The fraction of sp³-hybridized carbons (Fsp3) is 0.333. The molecule has 0 fully saturated rings. The number of benzene rings is 1. The van der Waals surface area contributed by atoms with Crippen LogP contribution in [0.5, 0.6) is 0 Å². The Balaban J connectivity index is 2.29. The van der Waals surface area contributed by atoms with E-state index in [1.165, 1.54) is 31.3 Å². The van der Waals surface area contributed by atoms with Gasteiger partial charge in [0.2, 0.25) is 5.91 Å². The molecule has 0 saturated carbocycles. The predicted octanol–water partition coefficient (Wildman–Crippen LogP) is 4.03. The Kier molecular flexibility index (Phi) is 5.20. The summed E-state index contributed by atoms with van der Waals surface area (Å²) in [6.45, 7) is 0. The molecule has 0 aliphatic carbocycles. The second-order valence-electron chi connectivity index (χ2n) is 5.17. The van der Waals surface area contributed by atoms with Crippen LogP contribution in [0.15, 0.2) is 36.5 Å². The molecular formula is C15H14F5N3O. The molecule has 1 aromatic heterocycles. The van der Waals surface area contributed by atoms with Crippen molar-refractivity contribution in [2.75, 3.05) is 5.32 Å². The van der Waals surface area contributed by atoms with Crippen LogP contribution in [0.25, 0.3) is 0 Å². The molecule has 0 spiro atoms. The van der Waals surface area contributed by atoms with Gasteiger partial charge in [0.25, 0.3) is 6.43 Å². The molecule has 130 valence electrons. The lowest BCUT2D eigenvalue weighted by atomic mass is 9.94. The first-order chi connectivity index (χ1) is 11.2. The first-order valence-corrected chi connectivity index (χ1v) is 6.91. The van der Waals surface area contributed by atoms with Crippen LogP contribution in [0.2, 0.25) is 0 Å². The largest absolute Gasteiger partial charge is 0.390 e. The Morgan fingerprint density at radius 1 is 1.25 bits per heavy atom. The maximum absolute atomic E-state index is 12.9. The quantitative estimate of drug-likeness (QED) is 0.830. The summed E-state index contributed by atoms with van der Waals surface area (Å²) >= 11 is 0. The molecule has 0 radical (unpaired) electrons. The van der Waals surface area contributed by atoms with Gasteiger partial charge in [-0.15, -0.1) is 0 Å². The van der Waals surface area contributed by atoms with Gasteiger partial charge in [-0.3, -0.25) is 9.48 Å². The molecule has 2 rings (SSSR count). The molecule has 0 bridgehead atoms. The Hall–Kier alpha value is -2.45. The summed E-state index contributed by atoms with van der Waals surface area (Å²) in [7, 11) is 1.37. The molecule has 1 heterocycles. The number of halogens is 5. The summed E-state index contributed by atoms with van der Waals surface area (Å²) < 4.78 is 65.2. The van der Waals surface area contributed by atoms with E-state index in [2.05, 4.69) is 10.4 Å². The number of hydrogen-bond acceptors (Lipinski definition) is 2. The van der Waals surface area contributed by atoms with Gasteiger partial charge in [0.05, 0.1) is 18.0 Å². The van der Waals surface area contributed by atoms with E-state index < -0.39 is 36.5 Å². The van der Waals surface area contributed by atoms with Crippen molar-refractivity contribution in [3.8, 4) is 0 Å². The number of amides is 1. The topological polar surface area (TPSA) is 46.9 Å². The number of aryl methyl sites for hydroxylation is 1. The van der Waals surface area contributed by atoms with E-state index in [0.717, 1.165) is 10.9 Å². The highest BCUT2D eigenvalue weighted by Crippen LogP contribution is 2.33. The zero-order chi connectivity index (χ0) is 17.9. The molecular weight excluding hydrogens is 333 g/mol. The molecule has 1 atom stereocenters. The zero-order valence-electron chi connectivity index (χ0n) is 12.5. The van der Waals surface area contributed by atoms with Crippen molar-refractivity contribution < 1.29 is 26.7 Å². The summed E-state index contributed by atoms with van der Waals surface area (Å²) in [5, 5.41) is 5.63. The third-order valence-electron chi connectivity index (χ3n) is 3.28. The van der Waals surface area contributed by atoms with Crippen LogP contribution in [0.3, 0.4) is 0 Å². The number of hydrogen-bond donors (Lipinski definition) is 1. The molecule has 2 aromatic rings. The van der Waals surface area contributed by atoms with Gasteiger partial charge in [0, 0.05) is 13.2 Å². The van der Waals surface area contributed by atoms with Crippen molar-refractivity contribution in [2.24, 2.45) is 7.05 Å². The fourth-order valence-electron chi connectivity index (χ4n) is 2.26. The Morgan fingerprint density at radius 3 is 2.42 bits per heavy atom. The van der Waals surface area contributed by atoms with Crippen LogP contribution in [0.1, 0.15) is 30.0 Å². The molecule has 9 heteroatoms. The Bertz CT molecular complexity index is 697. The van der Waals surface area contributed by atoms with E-state index in [9.17, 15) is 26.7 Å². The van der Waals surface area contributed by atoms with Gasteiger partial charge < -0.3 is 5.32 Å². The monoisotopic (exact) mass is 347 g/mol. The van der Waals surface area contributed by atoms with E-state index in [4.69, 9.17) is 0 Å². The lowest BCUT2D eigenvalue weighted by Gasteiger charge is -2.18. The zero-order valence-corrected chi connectivity index (χ0v) is 12.5. The highest BCUT2D eigenvalue weighted by Gasteiger charge is 2.36. The highest BCUT2D eigenvalue weighted by molar-refractivity contribution is 5.96. The number of carbonyl (C=O) groups excluding carboxylic acids is 1. The van der Waals surface area contributed by atoms with E-state index in [0.29, 0.717) is 0 Å². The Labute approximate surface area is 134 Å². The number of rotatable bonds is 5. The van der Waals surface area contributed by atoms with Crippen molar-refractivity contribution >= 4 is 11.6 Å². The van der Waals surface area contributed by atoms with Crippen LogP contribution in [-0.2, 0) is 11.8 Å². The third kappa shape index (κ3) is 4.53. The predicted molar refractivity (Wildman–Crippen MR) is 76.6 cm³/mol. The first kappa shape index (κ1) is 17.9. The number of nitrogens with one attached hydrogen (secondary N) is 1. The SMILES string of the molecule is Cn1cc(NC(=O)C(CC(F)(F)F)c2ccccc2)c(C(F)F)n1. The van der Waals surface area contributed by atoms with E-state index in [1.807, 2.05) is 0 Å². The van der Waals surface area contributed by atoms with E-state index in [-0.39, 0.29) is 11.3 Å². The summed E-state index contributed by atoms with van der Waals surface area (Å²) in [4.78, 5) is 12.3. The average Bonchev–Trinajstić information content (AvgIpc) is 2.85. The van der Waals surface area contributed by atoms with E-state index in [1.54, 1.807) is 6.07 Å². The van der Waals surface area contributed by atoms with Crippen molar-refractivity contribution in [2.45, 2.75) is 24.9 Å². The number of carbonyl (C=O) groups is 1. The second kappa shape index (κ2) is 6.98.